The number of hydrogen-bond acceptors (Lipinski definition) is 5. The molecule has 0 unspecified atom stereocenters. The highest BCUT2D eigenvalue weighted by molar-refractivity contribution is 7.72. The molecule has 0 spiro atoms. The number of rotatable bonds is 6. The molecular weight excluding hydrogens is 193 g/mol. The van der Waals surface area contributed by atoms with E-state index in [0.29, 0.717) is 6.42 Å². The molecule has 0 amide bonds. The lowest BCUT2D eigenvalue weighted by atomic mass is 10.5. The van der Waals surface area contributed by atoms with Crippen LogP contribution >= 0.6 is 7.60 Å². The quantitative estimate of drug-likeness (QED) is 0.316. The zero-order valence-electron chi connectivity index (χ0n) is 8.19. The van der Waals surface area contributed by atoms with E-state index in [-0.39, 0.29) is 18.7 Å². The van der Waals surface area contributed by atoms with E-state index in [9.17, 15) is 4.57 Å². The van der Waals surface area contributed by atoms with Crippen LogP contribution in [0, 0.1) is 0 Å². The molecule has 78 valence electrons. The molecule has 0 saturated heterocycles. The summed E-state index contributed by atoms with van der Waals surface area (Å²) in [5, 5.41) is 11.5. The highest BCUT2D eigenvalue weighted by Gasteiger charge is 2.30. The summed E-state index contributed by atoms with van der Waals surface area (Å²) < 4.78 is 21.8. The summed E-state index contributed by atoms with van der Waals surface area (Å²) in [6.45, 7) is 5.65. The van der Waals surface area contributed by atoms with Crippen molar-refractivity contribution in [3.63, 3.8) is 0 Å². The van der Waals surface area contributed by atoms with Gasteiger partial charge in [-0.25, -0.2) is 0 Å². The van der Waals surface area contributed by atoms with E-state index in [4.69, 9.17) is 14.3 Å². The molecule has 0 aromatic heterocycles. The van der Waals surface area contributed by atoms with E-state index in [1.807, 2.05) is 0 Å². The summed E-state index contributed by atoms with van der Waals surface area (Å²) in [5.41, 5.74) is 0.0659. The van der Waals surface area contributed by atoms with Crippen LogP contribution < -0.4 is 0 Å². The summed E-state index contributed by atoms with van der Waals surface area (Å²) in [6.07, 6.45) is 0.341. The second-order valence-electron chi connectivity index (χ2n) is 2.20. The molecule has 0 aromatic rings. The van der Waals surface area contributed by atoms with Crippen LogP contribution in [-0.2, 0) is 13.6 Å². The maximum absolute atomic E-state index is 11.8. The minimum absolute atomic E-state index is 0.0659. The third-order valence-corrected chi connectivity index (χ3v) is 3.58. The molecule has 0 rings (SSSR count). The molecule has 1 N–H and O–H groups in total. The average molecular weight is 209 g/mol. The molecular formula is C7H16NO4P. The predicted octanol–water partition coefficient (Wildman–Crippen LogP) is 2.45. The van der Waals surface area contributed by atoms with E-state index < -0.39 is 7.60 Å². The van der Waals surface area contributed by atoms with Gasteiger partial charge < -0.3 is 14.3 Å². The smallest absolute Gasteiger partial charge is 0.378 e. The van der Waals surface area contributed by atoms with Gasteiger partial charge in [0.2, 0.25) is 0 Å². The van der Waals surface area contributed by atoms with Crippen molar-refractivity contribution in [1.82, 2.24) is 0 Å². The van der Waals surface area contributed by atoms with Gasteiger partial charge in [0, 0.05) is 0 Å². The van der Waals surface area contributed by atoms with Crippen molar-refractivity contribution < 1.29 is 18.8 Å². The zero-order valence-corrected chi connectivity index (χ0v) is 9.08. The second kappa shape index (κ2) is 6.13. The van der Waals surface area contributed by atoms with Crippen LogP contribution in [0.1, 0.15) is 27.2 Å². The van der Waals surface area contributed by atoms with Gasteiger partial charge in [-0.1, -0.05) is 12.1 Å². The van der Waals surface area contributed by atoms with Crippen LogP contribution in [0.25, 0.3) is 0 Å². The first-order valence-corrected chi connectivity index (χ1v) is 5.79. The van der Waals surface area contributed by atoms with E-state index in [2.05, 4.69) is 5.16 Å². The minimum atomic E-state index is -3.33. The van der Waals surface area contributed by atoms with Gasteiger partial charge in [-0.2, -0.15) is 0 Å². The fourth-order valence-electron chi connectivity index (χ4n) is 0.845. The largest absolute Gasteiger partial charge is 0.410 e. The number of hydrogen-bond donors (Lipinski definition) is 1. The summed E-state index contributed by atoms with van der Waals surface area (Å²) in [7, 11) is -3.33. The Hall–Kier alpha value is -0.380. The Morgan fingerprint density at radius 2 is 1.77 bits per heavy atom. The molecule has 13 heavy (non-hydrogen) atoms. The van der Waals surface area contributed by atoms with Crippen molar-refractivity contribution in [2.24, 2.45) is 5.16 Å². The van der Waals surface area contributed by atoms with Crippen LogP contribution in [0.4, 0.5) is 0 Å². The third kappa shape index (κ3) is 3.46. The summed E-state index contributed by atoms with van der Waals surface area (Å²) >= 11 is 0. The van der Waals surface area contributed by atoms with Crippen LogP contribution in [0.2, 0.25) is 0 Å². The maximum atomic E-state index is 11.8. The highest BCUT2D eigenvalue weighted by atomic mass is 31.2. The second-order valence-corrected chi connectivity index (χ2v) is 4.23. The fourth-order valence-corrected chi connectivity index (χ4v) is 2.39. The van der Waals surface area contributed by atoms with Crippen molar-refractivity contribution in [3.8, 4) is 0 Å². The molecule has 0 saturated carbocycles. The average Bonchev–Trinajstić information content (AvgIpc) is 2.07. The molecule has 5 nitrogen and oxygen atoms in total. The first-order valence-electron chi connectivity index (χ1n) is 4.25. The molecule has 0 atom stereocenters. The van der Waals surface area contributed by atoms with E-state index in [0.717, 1.165) is 0 Å². The fraction of sp³-hybridized carbons (Fsp3) is 0.857. The zero-order chi connectivity index (χ0) is 10.3. The van der Waals surface area contributed by atoms with Crippen LogP contribution in [0.3, 0.4) is 0 Å². The molecule has 0 fully saturated rings. The summed E-state index contributed by atoms with van der Waals surface area (Å²) in [6, 6.07) is 0. The van der Waals surface area contributed by atoms with Gasteiger partial charge in [-0.05, 0) is 20.3 Å². The lowest BCUT2D eigenvalue weighted by Crippen LogP contribution is -2.06. The Labute approximate surface area is 78.3 Å². The molecule has 0 aliphatic heterocycles. The monoisotopic (exact) mass is 209 g/mol. The predicted molar refractivity (Wildman–Crippen MR) is 50.4 cm³/mol. The van der Waals surface area contributed by atoms with E-state index in [1.54, 1.807) is 20.8 Å². The summed E-state index contributed by atoms with van der Waals surface area (Å²) in [4.78, 5) is 0. The Kier molecular flexibility index (Phi) is 5.95. The van der Waals surface area contributed by atoms with Gasteiger partial charge >= 0.3 is 7.60 Å². The van der Waals surface area contributed by atoms with Crippen molar-refractivity contribution in [2.45, 2.75) is 27.2 Å². The van der Waals surface area contributed by atoms with Crippen molar-refractivity contribution >= 4 is 13.0 Å². The molecule has 6 heteroatoms. The van der Waals surface area contributed by atoms with Gasteiger partial charge in [0.05, 0.1) is 13.2 Å². The first-order chi connectivity index (χ1) is 6.14. The Bertz CT molecular complexity index is 207. The van der Waals surface area contributed by atoms with Crippen molar-refractivity contribution in [3.05, 3.63) is 0 Å². The van der Waals surface area contributed by atoms with Gasteiger partial charge in [0.25, 0.3) is 0 Å². The molecule has 0 aliphatic carbocycles. The van der Waals surface area contributed by atoms with Crippen LogP contribution in [0.5, 0.6) is 0 Å². The van der Waals surface area contributed by atoms with E-state index >= 15 is 0 Å². The number of oxime groups is 1. The van der Waals surface area contributed by atoms with E-state index in [1.165, 1.54) is 0 Å². The normalized spacial score (nSPS) is 13.3. The molecule has 0 aromatic carbocycles. The Morgan fingerprint density at radius 1 is 1.31 bits per heavy atom. The third-order valence-electron chi connectivity index (χ3n) is 1.35. The first kappa shape index (κ1) is 12.6. The number of nitrogens with zero attached hydrogens (tertiary/aromatic N) is 1. The Balaban J connectivity index is 4.66. The maximum Gasteiger partial charge on any atom is 0.378 e. The molecule has 0 radical (unpaired) electrons. The van der Waals surface area contributed by atoms with Crippen LogP contribution in [-0.4, -0.2) is 23.9 Å². The summed E-state index contributed by atoms with van der Waals surface area (Å²) in [5.74, 6) is 0. The van der Waals surface area contributed by atoms with Gasteiger partial charge in [-0.3, -0.25) is 4.57 Å². The lowest BCUT2D eigenvalue weighted by Gasteiger charge is -2.16. The van der Waals surface area contributed by atoms with Crippen molar-refractivity contribution in [2.75, 3.05) is 13.2 Å². The standard InChI is InChI=1S/C7H16NO4P/c1-4-7(8-9)13(10,11-5-2)12-6-3/h9H,4-6H2,1-3H3. The van der Waals surface area contributed by atoms with Gasteiger partial charge in [0.15, 0.2) is 5.45 Å². The topological polar surface area (TPSA) is 68.1 Å². The lowest BCUT2D eigenvalue weighted by molar-refractivity contribution is 0.229. The molecule has 0 heterocycles. The highest BCUT2D eigenvalue weighted by Crippen LogP contribution is 2.50. The Morgan fingerprint density at radius 3 is 2.00 bits per heavy atom. The minimum Gasteiger partial charge on any atom is -0.410 e. The van der Waals surface area contributed by atoms with Crippen LogP contribution in [0.15, 0.2) is 5.16 Å². The molecule has 0 aliphatic rings. The molecule has 0 bridgehead atoms. The van der Waals surface area contributed by atoms with Gasteiger partial charge in [0.1, 0.15) is 0 Å². The van der Waals surface area contributed by atoms with Crippen molar-refractivity contribution in [1.29, 1.82) is 0 Å². The SMILES string of the molecule is CCOP(=O)(OCC)C(CC)=NO. The van der Waals surface area contributed by atoms with Gasteiger partial charge in [-0.15, -0.1) is 0 Å².